The number of hydrogen-bond donors (Lipinski definition) is 0. The Morgan fingerprint density at radius 2 is 2.41 bits per heavy atom. The molecule has 17 heavy (non-hydrogen) atoms. The summed E-state index contributed by atoms with van der Waals surface area (Å²) in [7, 11) is 0. The monoisotopic (exact) mass is 231 g/mol. The second-order valence-electron chi connectivity index (χ2n) is 4.22. The van der Waals surface area contributed by atoms with E-state index in [4.69, 9.17) is 4.74 Å². The highest BCUT2D eigenvalue weighted by atomic mass is 16.5. The molecule has 88 valence electrons. The molecule has 1 aliphatic heterocycles. The van der Waals surface area contributed by atoms with E-state index in [1.165, 1.54) is 0 Å². The fourth-order valence-corrected chi connectivity index (χ4v) is 2.15. The summed E-state index contributed by atoms with van der Waals surface area (Å²) in [5, 5.41) is 4.40. The van der Waals surface area contributed by atoms with Crippen LogP contribution in [-0.2, 0) is 4.74 Å². The van der Waals surface area contributed by atoms with Gasteiger partial charge in [0.15, 0.2) is 17.8 Å². The predicted octanol–water partition coefficient (Wildman–Crippen LogP) is 1.44. The average Bonchev–Trinajstić information content (AvgIpc) is 2.83. The second-order valence-corrected chi connectivity index (χ2v) is 4.22. The largest absolute Gasteiger partial charge is 0.381 e. The molecular formula is C12H13N3O2. The normalized spacial score (nSPS) is 20.6. The van der Waals surface area contributed by atoms with Gasteiger partial charge in [-0.1, -0.05) is 6.07 Å². The summed E-state index contributed by atoms with van der Waals surface area (Å²) in [6.07, 6.45) is 2.89. The van der Waals surface area contributed by atoms with Crippen molar-refractivity contribution in [2.24, 2.45) is 0 Å². The van der Waals surface area contributed by atoms with Gasteiger partial charge in [-0.25, -0.2) is 9.50 Å². The van der Waals surface area contributed by atoms with Crippen molar-refractivity contribution in [2.45, 2.75) is 18.8 Å². The predicted molar refractivity (Wildman–Crippen MR) is 61.2 cm³/mol. The molecule has 0 aliphatic carbocycles. The molecule has 1 atom stereocenters. The minimum atomic E-state index is 0.253. The number of carbonyl (C=O) groups is 1. The molecule has 3 rings (SSSR count). The summed E-state index contributed by atoms with van der Waals surface area (Å²) in [6.45, 7) is 1.50. The van der Waals surface area contributed by atoms with E-state index in [1.807, 2.05) is 12.1 Å². The molecule has 1 saturated heterocycles. The Kier molecular flexibility index (Phi) is 2.60. The van der Waals surface area contributed by atoms with Gasteiger partial charge in [-0.05, 0) is 25.0 Å². The molecule has 5 nitrogen and oxygen atoms in total. The van der Waals surface area contributed by atoms with Crippen LogP contribution in [0.5, 0.6) is 0 Å². The molecule has 2 aromatic heterocycles. The molecule has 0 aromatic carbocycles. The lowest BCUT2D eigenvalue weighted by atomic mass is 10.0. The lowest BCUT2D eigenvalue weighted by molar-refractivity contribution is 0.0781. The van der Waals surface area contributed by atoms with Crippen LogP contribution in [0.2, 0.25) is 0 Å². The Morgan fingerprint density at radius 3 is 3.18 bits per heavy atom. The van der Waals surface area contributed by atoms with Crippen LogP contribution >= 0.6 is 0 Å². The van der Waals surface area contributed by atoms with Crippen molar-refractivity contribution in [3.8, 4) is 0 Å². The number of nitrogens with zero attached hydrogens (tertiary/aromatic N) is 3. The summed E-state index contributed by atoms with van der Waals surface area (Å²) in [4.78, 5) is 15.4. The van der Waals surface area contributed by atoms with E-state index >= 15 is 0 Å². The smallest absolute Gasteiger partial charge is 0.168 e. The van der Waals surface area contributed by atoms with Crippen LogP contribution in [0.1, 0.15) is 35.1 Å². The standard InChI is InChI=1S/C12H13N3O2/c16-7-10-4-1-5-11-13-12(14-15(10)11)9-3-2-6-17-8-9/h1,4-5,7,9H,2-3,6,8H2. The third kappa shape index (κ3) is 1.82. The van der Waals surface area contributed by atoms with Gasteiger partial charge in [0.2, 0.25) is 0 Å². The first-order valence-corrected chi connectivity index (χ1v) is 5.77. The number of fused-ring (bicyclic) bond motifs is 1. The summed E-state index contributed by atoms with van der Waals surface area (Å²) in [5.41, 5.74) is 1.24. The third-order valence-corrected chi connectivity index (χ3v) is 3.05. The fraction of sp³-hybridized carbons (Fsp3) is 0.417. The first-order valence-electron chi connectivity index (χ1n) is 5.77. The van der Waals surface area contributed by atoms with Gasteiger partial charge in [0.25, 0.3) is 0 Å². The third-order valence-electron chi connectivity index (χ3n) is 3.05. The maximum absolute atomic E-state index is 10.9. The number of aromatic nitrogens is 3. The van der Waals surface area contributed by atoms with E-state index < -0.39 is 0 Å². The topological polar surface area (TPSA) is 56.5 Å². The van der Waals surface area contributed by atoms with Crippen molar-refractivity contribution >= 4 is 11.9 Å². The Balaban J connectivity index is 2.03. The molecule has 1 fully saturated rings. The highest BCUT2D eigenvalue weighted by Gasteiger charge is 2.20. The molecule has 5 heteroatoms. The number of pyridine rings is 1. The molecule has 1 unspecified atom stereocenters. The van der Waals surface area contributed by atoms with E-state index in [0.717, 1.165) is 37.2 Å². The highest BCUT2D eigenvalue weighted by Crippen LogP contribution is 2.23. The molecule has 3 heterocycles. The van der Waals surface area contributed by atoms with E-state index in [2.05, 4.69) is 10.1 Å². The van der Waals surface area contributed by atoms with Crippen LogP contribution in [0, 0.1) is 0 Å². The van der Waals surface area contributed by atoms with E-state index in [0.29, 0.717) is 12.3 Å². The SMILES string of the molecule is O=Cc1cccc2nc(C3CCCOC3)nn12. The number of rotatable bonds is 2. The lowest BCUT2D eigenvalue weighted by Crippen LogP contribution is -2.16. The van der Waals surface area contributed by atoms with Crippen molar-refractivity contribution in [1.82, 2.24) is 14.6 Å². The van der Waals surface area contributed by atoms with E-state index in [9.17, 15) is 4.79 Å². The summed E-state index contributed by atoms with van der Waals surface area (Å²) in [5.74, 6) is 1.03. The minimum Gasteiger partial charge on any atom is -0.381 e. The Morgan fingerprint density at radius 1 is 1.47 bits per heavy atom. The average molecular weight is 231 g/mol. The zero-order valence-electron chi connectivity index (χ0n) is 9.37. The molecule has 0 amide bonds. The van der Waals surface area contributed by atoms with Crippen LogP contribution < -0.4 is 0 Å². The maximum Gasteiger partial charge on any atom is 0.168 e. The van der Waals surface area contributed by atoms with Gasteiger partial charge < -0.3 is 4.74 Å². The first-order chi connectivity index (χ1) is 8.38. The van der Waals surface area contributed by atoms with Gasteiger partial charge in [-0.3, -0.25) is 4.79 Å². The van der Waals surface area contributed by atoms with Crippen LogP contribution in [0.3, 0.4) is 0 Å². The molecule has 1 aliphatic rings. The van der Waals surface area contributed by atoms with Gasteiger partial charge in [0.1, 0.15) is 5.69 Å². The number of carbonyl (C=O) groups excluding carboxylic acids is 1. The summed E-state index contributed by atoms with van der Waals surface area (Å²) in [6, 6.07) is 5.40. The molecular weight excluding hydrogens is 218 g/mol. The Hall–Kier alpha value is -1.75. The zero-order chi connectivity index (χ0) is 11.7. The van der Waals surface area contributed by atoms with Gasteiger partial charge in [0.05, 0.1) is 6.61 Å². The molecule has 2 aromatic rings. The molecule has 0 bridgehead atoms. The van der Waals surface area contributed by atoms with Crippen LogP contribution in [0.25, 0.3) is 5.65 Å². The number of hydrogen-bond acceptors (Lipinski definition) is 4. The zero-order valence-corrected chi connectivity index (χ0v) is 9.37. The van der Waals surface area contributed by atoms with Gasteiger partial charge in [-0.15, -0.1) is 0 Å². The molecule has 0 spiro atoms. The van der Waals surface area contributed by atoms with E-state index in [-0.39, 0.29) is 5.92 Å². The number of ether oxygens (including phenoxy) is 1. The minimum absolute atomic E-state index is 0.253. The lowest BCUT2D eigenvalue weighted by Gasteiger charge is -2.18. The van der Waals surface area contributed by atoms with Crippen molar-refractivity contribution in [3.63, 3.8) is 0 Å². The fourth-order valence-electron chi connectivity index (χ4n) is 2.15. The Labute approximate surface area is 98.4 Å². The Bertz CT molecular complexity index is 544. The number of aldehydes is 1. The molecule has 0 radical (unpaired) electrons. The van der Waals surface area contributed by atoms with Crippen LogP contribution in [0.15, 0.2) is 18.2 Å². The van der Waals surface area contributed by atoms with Crippen LogP contribution in [0.4, 0.5) is 0 Å². The summed E-state index contributed by atoms with van der Waals surface area (Å²) >= 11 is 0. The van der Waals surface area contributed by atoms with Gasteiger partial charge >= 0.3 is 0 Å². The van der Waals surface area contributed by atoms with Crippen molar-refractivity contribution in [2.75, 3.05) is 13.2 Å². The highest BCUT2D eigenvalue weighted by molar-refractivity contribution is 5.73. The quantitative estimate of drug-likeness (QED) is 0.734. The van der Waals surface area contributed by atoms with E-state index in [1.54, 1.807) is 10.6 Å². The van der Waals surface area contributed by atoms with Gasteiger partial charge in [0, 0.05) is 12.5 Å². The summed E-state index contributed by atoms with van der Waals surface area (Å²) < 4.78 is 7.02. The van der Waals surface area contributed by atoms with Crippen molar-refractivity contribution in [1.29, 1.82) is 0 Å². The van der Waals surface area contributed by atoms with Gasteiger partial charge in [-0.2, -0.15) is 5.10 Å². The van der Waals surface area contributed by atoms with Crippen molar-refractivity contribution < 1.29 is 9.53 Å². The second kappa shape index (κ2) is 4.25. The maximum atomic E-state index is 10.9. The van der Waals surface area contributed by atoms with Crippen LogP contribution in [-0.4, -0.2) is 34.1 Å². The van der Waals surface area contributed by atoms with Crippen molar-refractivity contribution in [3.05, 3.63) is 29.7 Å². The molecule has 0 N–H and O–H groups in total. The first kappa shape index (κ1) is 10.4. The molecule has 0 saturated carbocycles.